The van der Waals surface area contributed by atoms with Crippen molar-refractivity contribution in [3.05, 3.63) is 11.6 Å². The Bertz CT molecular complexity index is 455. The molecule has 0 aromatic rings. The van der Waals surface area contributed by atoms with E-state index in [-0.39, 0.29) is 23.2 Å². The number of aliphatic hydroxyl groups is 2. The Morgan fingerprint density at radius 2 is 2.10 bits per heavy atom. The number of ketones is 1. The average molecular weight is 278 g/mol. The number of hydrogen-bond acceptors (Lipinski definition) is 3. The molecule has 2 fully saturated rings. The van der Waals surface area contributed by atoms with Crippen LogP contribution in [0.5, 0.6) is 0 Å². The van der Waals surface area contributed by atoms with Gasteiger partial charge in [-0.15, -0.1) is 0 Å². The van der Waals surface area contributed by atoms with Crippen LogP contribution in [0.15, 0.2) is 11.6 Å². The van der Waals surface area contributed by atoms with Gasteiger partial charge in [-0.2, -0.15) is 0 Å². The van der Waals surface area contributed by atoms with Crippen molar-refractivity contribution in [2.75, 3.05) is 6.61 Å². The van der Waals surface area contributed by atoms with Crippen LogP contribution in [-0.2, 0) is 4.79 Å². The summed E-state index contributed by atoms with van der Waals surface area (Å²) >= 11 is 0. The Morgan fingerprint density at radius 3 is 2.80 bits per heavy atom. The minimum atomic E-state index is -0.494. The zero-order valence-corrected chi connectivity index (χ0v) is 12.6. The highest BCUT2D eigenvalue weighted by atomic mass is 16.3. The topological polar surface area (TPSA) is 57.5 Å². The van der Waals surface area contributed by atoms with Gasteiger partial charge in [-0.25, -0.2) is 0 Å². The second-order valence-electron chi connectivity index (χ2n) is 7.68. The van der Waals surface area contributed by atoms with Crippen molar-refractivity contribution in [2.45, 2.75) is 58.5 Å². The van der Waals surface area contributed by atoms with E-state index in [4.69, 9.17) is 0 Å². The van der Waals surface area contributed by atoms with Crippen LogP contribution in [0, 0.1) is 22.7 Å². The van der Waals surface area contributed by atoms with E-state index in [1.165, 1.54) is 0 Å². The summed E-state index contributed by atoms with van der Waals surface area (Å²) in [6.45, 7) is 4.69. The molecule has 112 valence electrons. The predicted molar refractivity (Wildman–Crippen MR) is 77.1 cm³/mol. The van der Waals surface area contributed by atoms with Crippen molar-refractivity contribution in [3.8, 4) is 0 Å². The molecule has 0 spiro atoms. The van der Waals surface area contributed by atoms with Gasteiger partial charge in [0.2, 0.25) is 0 Å². The number of fused-ring (bicyclic) bond motifs is 3. The normalized spacial score (nSPS) is 48.3. The van der Waals surface area contributed by atoms with E-state index >= 15 is 0 Å². The highest BCUT2D eigenvalue weighted by Crippen LogP contribution is 2.62. The number of allylic oxidation sites excluding steroid dienone is 1. The third kappa shape index (κ3) is 1.90. The largest absolute Gasteiger partial charge is 0.396 e. The Kier molecular flexibility index (Phi) is 3.33. The van der Waals surface area contributed by atoms with Crippen LogP contribution in [0.2, 0.25) is 0 Å². The van der Waals surface area contributed by atoms with Gasteiger partial charge < -0.3 is 10.2 Å². The first-order valence-electron chi connectivity index (χ1n) is 7.94. The van der Waals surface area contributed by atoms with Gasteiger partial charge in [0, 0.05) is 13.0 Å². The third-order valence-electron chi connectivity index (χ3n) is 6.51. The van der Waals surface area contributed by atoms with E-state index in [9.17, 15) is 15.0 Å². The zero-order chi connectivity index (χ0) is 14.5. The summed E-state index contributed by atoms with van der Waals surface area (Å²) in [4.78, 5) is 11.7. The molecule has 0 radical (unpaired) electrons. The molecule has 5 atom stereocenters. The molecule has 2 N–H and O–H groups in total. The maximum absolute atomic E-state index is 11.7. The van der Waals surface area contributed by atoms with Crippen LogP contribution in [0.3, 0.4) is 0 Å². The van der Waals surface area contributed by atoms with Crippen molar-refractivity contribution >= 4 is 5.78 Å². The molecule has 2 saturated carbocycles. The zero-order valence-electron chi connectivity index (χ0n) is 12.6. The highest BCUT2D eigenvalue weighted by molar-refractivity contribution is 5.91. The Morgan fingerprint density at radius 1 is 1.35 bits per heavy atom. The summed E-state index contributed by atoms with van der Waals surface area (Å²) in [7, 11) is 0. The summed E-state index contributed by atoms with van der Waals surface area (Å²) in [5, 5.41) is 20.4. The molecule has 0 aliphatic heterocycles. The summed E-state index contributed by atoms with van der Waals surface area (Å²) < 4.78 is 0. The average Bonchev–Trinajstić information content (AvgIpc) is 2.42. The lowest BCUT2D eigenvalue weighted by atomic mass is 9.45. The summed E-state index contributed by atoms with van der Waals surface area (Å²) in [5.74, 6) is 0.831. The van der Waals surface area contributed by atoms with Crippen molar-refractivity contribution in [3.63, 3.8) is 0 Å². The first-order valence-corrected chi connectivity index (χ1v) is 7.94. The van der Waals surface area contributed by atoms with Gasteiger partial charge in [-0.05, 0) is 60.0 Å². The van der Waals surface area contributed by atoms with Gasteiger partial charge >= 0.3 is 0 Å². The van der Waals surface area contributed by atoms with Gasteiger partial charge in [-0.3, -0.25) is 4.79 Å². The first kappa shape index (κ1) is 14.3. The Hall–Kier alpha value is -0.670. The van der Waals surface area contributed by atoms with E-state index in [1.54, 1.807) is 6.08 Å². The highest BCUT2D eigenvalue weighted by Gasteiger charge is 2.57. The molecule has 0 heterocycles. The van der Waals surface area contributed by atoms with Gasteiger partial charge in [0.15, 0.2) is 5.78 Å². The van der Waals surface area contributed by atoms with Crippen molar-refractivity contribution in [2.24, 2.45) is 22.7 Å². The second kappa shape index (κ2) is 4.67. The smallest absolute Gasteiger partial charge is 0.155 e. The minimum absolute atomic E-state index is 0.0824. The number of aliphatic hydroxyl groups excluding tert-OH is 2. The van der Waals surface area contributed by atoms with Gasteiger partial charge in [0.25, 0.3) is 0 Å². The molecule has 0 aromatic carbocycles. The Labute approximate surface area is 121 Å². The van der Waals surface area contributed by atoms with Crippen molar-refractivity contribution in [1.29, 1.82) is 0 Å². The fraction of sp³-hybridized carbons (Fsp3) is 0.824. The lowest BCUT2D eigenvalue weighted by Gasteiger charge is -2.60. The molecule has 3 aliphatic carbocycles. The molecule has 3 heteroatoms. The fourth-order valence-corrected chi connectivity index (χ4v) is 5.39. The van der Waals surface area contributed by atoms with Gasteiger partial charge in [-0.1, -0.05) is 20.3 Å². The molecule has 3 aliphatic rings. The Balaban J connectivity index is 2.03. The van der Waals surface area contributed by atoms with Gasteiger partial charge in [0.1, 0.15) is 0 Å². The molecule has 0 saturated heterocycles. The van der Waals surface area contributed by atoms with Crippen molar-refractivity contribution < 1.29 is 15.0 Å². The van der Waals surface area contributed by atoms with Crippen LogP contribution < -0.4 is 0 Å². The number of carbonyl (C=O) groups excluding carboxylic acids is 1. The molecular weight excluding hydrogens is 252 g/mol. The van der Waals surface area contributed by atoms with Crippen LogP contribution in [0.1, 0.15) is 52.4 Å². The lowest BCUT2D eigenvalue weighted by molar-refractivity contribution is -0.123. The van der Waals surface area contributed by atoms with Crippen LogP contribution in [0.25, 0.3) is 0 Å². The summed E-state index contributed by atoms with van der Waals surface area (Å²) in [6, 6.07) is 0. The molecule has 0 bridgehead atoms. The molecule has 0 aromatic heterocycles. The van der Waals surface area contributed by atoms with E-state index in [0.717, 1.165) is 31.3 Å². The van der Waals surface area contributed by atoms with E-state index < -0.39 is 6.10 Å². The standard InChI is InChI=1S/C17H26O3/c1-16(10-18)6-3-7-17(2)13-5-4-11(19)8-12(13)14(20)9-15(16)17/h8,13-15,18,20H,3-7,9-10H2,1-2H3/t13-,14?,15?,16+,17+/m1/s1. The summed E-state index contributed by atoms with van der Waals surface area (Å²) in [5.41, 5.74) is 1.02. The monoisotopic (exact) mass is 278 g/mol. The molecule has 2 unspecified atom stereocenters. The van der Waals surface area contributed by atoms with E-state index in [2.05, 4.69) is 13.8 Å². The SMILES string of the molecule is C[C@@]1(CO)CCC[C@]2(C)C1CC(O)C1=CC(=O)CC[C@H]12. The second-order valence-corrected chi connectivity index (χ2v) is 7.68. The maximum atomic E-state index is 11.7. The lowest BCUT2D eigenvalue weighted by Crippen LogP contribution is -2.55. The number of rotatable bonds is 1. The van der Waals surface area contributed by atoms with E-state index in [1.807, 2.05) is 0 Å². The molecule has 3 rings (SSSR count). The van der Waals surface area contributed by atoms with E-state index in [0.29, 0.717) is 24.7 Å². The molecule has 3 nitrogen and oxygen atoms in total. The van der Waals surface area contributed by atoms with Crippen LogP contribution in [-0.4, -0.2) is 28.7 Å². The third-order valence-corrected chi connectivity index (χ3v) is 6.51. The molecular formula is C17H26O3. The van der Waals surface area contributed by atoms with Crippen LogP contribution in [0.4, 0.5) is 0 Å². The predicted octanol–water partition coefficient (Wildman–Crippen LogP) is 2.46. The number of carbonyl (C=O) groups is 1. The van der Waals surface area contributed by atoms with Crippen molar-refractivity contribution in [1.82, 2.24) is 0 Å². The maximum Gasteiger partial charge on any atom is 0.155 e. The quantitative estimate of drug-likeness (QED) is 0.774. The number of hydrogen-bond donors (Lipinski definition) is 2. The molecule has 20 heavy (non-hydrogen) atoms. The fourth-order valence-electron chi connectivity index (χ4n) is 5.39. The van der Waals surface area contributed by atoms with Gasteiger partial charge in [0.05, 0.1) is 6.10 Å². The summed E-state index contributed by atoms with van der Waals surface area (Å²) in [6.07, 6.45) is 6.73. The molecule has 0 amide bonds. The first-order chi connectivity index (χ1) is 9.40. The minimum Gasteiger partial charge on any atom is -0.396 e. The van der Waals surface area contributed by atoms with Crippen LogP contribution >= 0.6 is 0 Å².